The Labute approximate surface area is 204 Å². The highest BCUT2D eigenvalue weighted by Crippen LogP contribution is 2.28. The van der Waals surface area contributed by atoms with Crippen molar-refractivity contribution in [3.63, 3.8) is 0 Å². The summed E-state index contributed by atoms with van der Waals surface area (Å²) < 4.78 is 0. The fraction of sp³-hybridized carbons (Fsp3) is 0.345. The normalized spacial score (nSPS) is 14.3. The molecule has 0 saturated carbocycles. The number of likely N-dealkylation sites (tertiary alicyclic amines) is 1. The molecule has 1 aliphatic rings. The number of nitrogens with zero attached hydrogens (tertiary/aromatic N) is 4. The van der Waals surface area contributed by atoms with Crippen LogP contribution in [0.25, 0.3) is 11.3 Å². The quantitative estimate of drug-likeness (QED) is 0.455. The van der Waals surface area contributed by atoms with Crippen LogP contribution in [-0.4, -0.2) is 28.0 Å². The number of hydrogen-bond acceptors (Lipinski definition) is 5. The molecule has 5 nitrogen and oxygen atoms in total. The molecule has 0 amide bonds. The van der Waals surface area contributed by atoms with E-state index in [1.54, 1.807) is 12.4 Å². The topological polar surface area (TPSA) is 64.8 Å². The second-order valence-electron chi connectivity index (χ2n) is 9.51. The lowest BCUT2D eigenvalue weighted by Gasteiger charge is -2.31. The monoisotopic (exact) mass is 453 g/mol. The minimum absolute atomic E-state index is 0.672. The molecule has 2 aromatic rings. The number of allylic oxidation sites excluding steroid dienone is 3. The average Bonchev–Trinajstić information content (AvgIpc) is 2.84. The standard InChI is InChI=1S/C29H35N5/c1-20(2)27(34-13-9-8-10-14-34)15-21(3)26-17-25(18-32-23(26)5)33-22(4)24-11-12-31-28(16-24)29(6,7)19-30/h11-12,15-18,33H,1,3-4,8-10,13-14H2,2,5-7H3/b27-15+. The van der Waals surface area contributed by atoms with Crippen LogP contribution in [0.1, 0.15) is 62.5 Å². The number of anilines is 1. The minimum atomic E-state index is -0.672. The smallest absolute Gasteiger partial charge is 0.0937 e. The van der Waals surface area contributed by atoms with Crippen molar-refractivity contribution < 1.29 is 0 Å². The van der Waals surface area contributed by atoms with Gasteiger partial charge in [0.2, 0.25) is 0 Å². The van der Waals surface area contributed by atoms with Crippen molar-refractivity contribution in [2.75, 3.05) is 18.4 Å². The molecule has 0 radical (unpaired) electrons. The summed E-state index contributed by atoms with van der Waals surface area (Å²) in [6, 6.07) is 8.14. The Balaban J connectivity index is 1.84. The van der Waals surface area contributed by atoms with E-state index in [1.165, 1.54) is 19.3 Å². The summed E-state index contributed by atoms with van der Waals surface area (Å²) >= 11 is 0. The highest BCUT2D eigenvalue weighted by Gasteiger charge is 2.22. The van der Waals surface area contributed by atoms with Crippen molar-refractivity contribution in [1.29, 1.82) is 5.26 Å². The van der Waals surface area contributed by atoms with E-state index in [0.29, 0.717) is 11.4 Å². The van der Waals surface area contributed by atoms with Crippen LogP contribution in [0.3, 0.4) is 0 Å². The third-order valence-corrected chi connectivity index (χ3v) is 6.20. The fourth-order valence-corrected chi connectivity index (χ4v) is 4.05. The van der Waals surface area contributed by atoms with Gasteiger partial charge in [-0.1, -0.05) is 19.7 Å². The van der Waals surface area contributed by atoms with Crippen LogP contribution in [0.5, 0.6) is 0 Å². The molecule has 3 rings (SSSR count). The fourth-order valence-electron chi connectivity index (χ4n) is 4.05. The molecule has 2 aromatic heterocycles. The first-order valence-electron chi connectivity index (χ1n) is 11.7. The van der Waals surface area contributed by atoms with E-state index in [4.69, 9.17) is 0 Å². The molecule has 1 N–H and O–H groups in total. The largest absolute Gasteiger partial charge is 0.371 e. The number of aromatic nitrogens is 2. The van der Waals surface area contributed by atoms with Gasteiger partial charge in [-0.3, -0.25) is 9.97 Å². The summed E-state index contributed by atoms with van der Waals surface area (Å²) in [7, 11) is 0. The maximum absolute atomic E-state index is 9.44. The van der Waals surface area contributed by atoms with Crippen molar-refractivity contribution in [2.24, 2.45) is 0 Å². The minimum Gasteiger partial charge on any atom is -0.371 e. The molecular formula is C29H35N5. The number of nitriles is 1. The van der Waals surface area contributed by atoms with Crippen molar-refractivity contribution in [2.45, 2.75) is 52.4 Å². The Morgan fingerprint density at radius 2 is 1.85 bits per heavy atom. The maximum atomic E-state index is 9.44. The number of hydrogen-bond donors (Lipinski definition) is 1. The summed E-state index contributed by atoms with van der Waals surface area (Å²) in [4.78, 5) is 11.4. The van der Waals surface area contributed by atoms with E-state index in [2.05, 4.69) is 65.1 Å². The van der Waals surface area contributed by atoms with Gasteiger partial charge >= 0.3 is 0 Å². The first-order chi connectivity index (χ1) is 16.1. The van der Waals surface area contributed by atoms with E-state index in [1.807, 2.05) is 32.9 Å². The molecule has 1 aliphatic heterocycles. The lowest BCUT2D eigenvalue weighted by Crippen LogP contribution is -2.29. The number of aryl methyl sites for hydroxylation is 1. The second-order valence-corrected chi connectivity index (χ2v) is 9.51. The Morgan fingerprint density at radius 1 is 1.15 bits per heavy atom. The number of rotatable bonds is 8. The molecule has 5 heteroatoms. The van der Waals surface area contributed by atoms with Crippen molar-refractivity contribution in [3.8, 4) is 6.07 Å². The summed E-state index contributed by atoms with van der Waals surface area (Å²) in [5.74, 6) is 0. The van der Waals surface area contributed by atoms with Crippen LogP contribution in [-0.2, 0) is 5.41 Å². The molecule has 3 heterocycles. The average molecular weight is 454 g/mol. The van der Waals surface area contributed by atoms with Crippen molar-refractivity contribution in [3.05, 3.63) is 90.2 Å². The zero-order valence-electron chi connectivity index (χ0n) is 20.9. The van der Waals surface area contributed by atoms with E-state index in [0.717, 1.165) is 52.4 Å². The molecule has 1 saturated heterocycles. The molecule has 0 spiro atoms. The van der Waals surface area contributed by atoms with E-state index < -0.39 is 5.41 Å². The highest BCUT2D eigenvalue weighted by molar-refractivity contribution is 5.80. The molecule has 0 atom stereocenters. The predicted molar refractivity (Wildman–Crippen MR) is 142 cm³/mol. The summed E-state index contributed by atoms with van der Waals surface area (Å²) in [5.41, 5.74) is 7.46. The molecule has 0 aliphatic carbocycles. The number of piperidine rings is 1. The Bertz CT molecular complexity index is 1170. The molecule has 0 aromatic carbocycles. The third-order valence-electron chi connectivity index (χ3n) is 6.20. The molecule has 34 heavy (non-hydrogen) atoms. The zero-order chi connectivity index (χ0) is 24.9. The zero-order valence-corrected chi connectivity index (χ0v) is 20.9. The van der Waals surface area contributed by atoms with Gasteiger partial charge in [0.25, 0.3) is 0 Å². The van der Waals surface area contributed by atoms with E-state index >= 15 is 0 Å². The Morgan fingerprint density at radius 3 is 2.50 bits per heavy atom. The third kappa shape index (κ3) is 5.82. The van der Waals surface area contributed by atoms with Gasteiger partial charge in [0.05, 0.1) is 29.1 Å². The lowest BCUT2D eigenvalue weighted by atomic mass is 9.90. The van der Waals surface area contributed by atoms with Crippen LogP contribution in [0.15, 0.2) is 67.7 Å². The molecule has 0 bridgehead atoms. The summed E-state index contributed by atoms with van der Waals surface area (Å²) in [6.07, 6.45) is 9.35. The SMILES string of the molecule is C=C(C)/C(=C\C(=C)c1cc(NC(=C)c2ccnc(C(C)(C)C#N)c2)cnc1C)N1CCCCC1. The summed E-state index contributed by atoms with van der Waals surface area (Å²) in [6.45, 7) is 22.6. The van der Waals surface area contributed by atoms with Crippen molar-refractivity contribution in [1.82, 2.24) is 14.9 Å². The van der Waals surface area contributed by atoms with Crippen LogP contribution < -0.4 is 5.32 Å². The van der Waals surface area contributed by atoms with E-state index in [9.17, 15) is 5.26 Å². The molecule has 176 valence electrons. The molecular weight excluding hydrogens is 418 g/mol. The molecule has 0 unspecified atom stereocenters. The van der Waals surface area contributed by atoms with Gasteiger partial charge in [-0.25, -0.2) is 0 Å². The first kappa shape index (κ1) is 25.0. The molecule has 1 fully saturated rings. The predicted octanol–water partition coefficient (Wildman–Crippen LogP) is 6.63. The van der Waals surface area contributed by atoms with Gasteiger partial charge in [-0.15, -0.1) is 0 Å². The van der Waals surface area contributed by atoms with Crippen LogP contribution in [0.4, 0.5) is 5.69 Å². The maximum Gasteiger partial charge on any atom is 0.0937 e. The van der Waals surface area contributed by atoms with Crippen LogP contribution >= 0.6 is 0 Å². The Kier molecular flexibility index (Phi) is 7.73. The highest BCUT2D eigenvalue weighted by atomic mass is 15.1. The van der Waals surface area contributed by atoms with Gasteiger partial charge in [-0.05, 0) is 82.4 Å². The van der Waals surface area contributed by atoms with Crippen LogP contribution in [0, 0.1) is 18.3 Å². The van der Waals surface area contributed by atoms with Crippen molar-refractivity contribution >= 4 is 17.0 Å². The Hall–Kier alpha value is -3.65. The van der Waals surface area contributed by atoms with E-state index in [-0.39, 0.29) is 0 Å². The summed E-state index contributed by atoms with van der Waals surface area (Å²) in [5, 5.41) is 12.8. The number of nitrogens with one attached hydrogen (secondary N) is 1. The van der Waals surface area contributed by atoms with Gasteiger partial charge in [0, 0.05) is 47.5 Å². The lowest BCUT2D eigenvalue weighted by molar-refractivity contribution is 0.290. The number of pyridine rings is 2. The van der Waals surface area contributed by atoms with Gasteiger partial charge in [0.15, 0.2) is 0 Å². The van der Waals surface area contributed by atoms with Crippen LogP contribution in [0.2, 0.25) is 0 Å². The van der Waals surface area contributed by atoms with Gasteiger partial charge < -0.3 is 10.2 Å². The second kappa shape index (κ2) is 10.5. The van der Waals surface area contributed by atoms with Gasteiger partial charge in [-0.2, -0.15) is 5.26 Å². The van der Waals surface area contributed by atoms with Gasteiger partial charge in [0.1, 0.15) is 0 Å². The first-order valence-corrected chi connectivity index (χ1v) is 11.7.